The minimum atomic E-state index is -3.31. The largest absolute Gasteiger partial charge is 0.669 e. The van der Waals surface area contributed by atoms with Crippen LogP contribution in [0.1, 0.15) is 12.8 Å². The zero-order chi connectivity index (χ0) is 41.0. The molecular formula is C24H70N2O18Si8. The summed E-state index contributed by atoms with van der Waals surface area (Å²) >= 11 is 0. The average Bonchev–Trinajstić information content (AvgIpc) is 3.12. The summed E-state index contributed by atoms with van der Waals surface area (Å²) in [5.74, 6) is 0. The van der Waals surface area contributed by atoms with Gasteiger partial charge in [0.15, 0.2) is 0 Å². The highest BCUT2D eigenvalue weighted by molar-refractivity contribution is 6.86. The fraction of sp³-hybridized carbons (Fsp3) is 1.00. The minimum absolute atomic E-state index is 0.507. The molecule has 20 nitrogen and oxygen atoms in total. The summed E-state index contributed by atoms with van der Waals surface area (Å²) in [6.07, 6.45) is 1.44. The van der Waals surface area contributed by atoms with Crippen molar-refractivity contribution in [3.8, 4) is 0 Å². The molecule has 0 aliphatic carbocycles. The fourth-order valence-corrected chi connectivity index (χ4v) is 33.7. The maximum Gasteiger partial charge on any atom is 0.669 e. The molecule has 2 atom stereocenters. The minimum Gasteiger partial charge on any atom is -0.416 e. The molecule has 2 unspecified atom stereocenters. The molecule has 0 aromatic carbocycles. The van der Waals surface area contributed by atoms with Crippen LogP contribution in [0.3, 0.4) is 0 Å². The first-order valence-corrected chi connectivity index (χ1v) is 33.5. The molecule has 0 saturated heterocycles. The molecule has 0 aromatic heterocycles. The van der Waals surface area contributed by atoms with E-state index in [1.54, 1.807) is 0 Å². The molecular weight excluding hydrogens is 829 g/mol. The standard InChI is InChI=1S/2C12H35NO9Si4/c2*1-14-25(15-2,16-3)21-23(7,8)20-24(9,12-10-11-13)22-26(17-4,18-5)19-6/h2*10-13H2,1-9H3. The highest BCUT2D eigenvalue weighted by Crippen LogP contribution is 2.30. The quantitative estimate of drug-likeness (QED) is 0.0983. The molecule has 28 heteroatoms. The van der Waals surface area contributed by atoms with E-state index in [9.17, 15) is 0 Å². The highest BCUT2D eigenvalue weighted by Gasteiger charge is 2.57. The summed E-state index contributed by atoms with van der Waals surface area (Å²) in [7, 11) is -6.67. The predicted molar refractivity (Wildman–Crippen MR) is 209 cm³/mol. The summed E-state index contributed by atoms with van der Waals surface area (Å²) in [4.78, 5) is 0. The van der Waals surface area contributed by atoms with Crippen LogP contribution in [0.15, 0.2) is 0 Å². The molecule has 0 bridgehead atoms. The molecule has 0 aliphatic heterocycles. The number of rotatable bonds is 30. The molecule has 316 valence electrons. The Hall–Kier alpha value is 0.935. The van der Waals surface area contributed by atoms with Crippen molar-refractivity contribution in [1.82, 2.24) is 0 Å². The predicted octanol–water partition coefficient (Wildman–Crippen LogP) is 1.82. The van der Waals surface area contributed by atoms with Gasteiger partial charge >= 0.3 is 70.4 Å². The van der Waals surface area contributed by atoms with E-state index in [0.717, 1.165) is 12.8 Å². The van der Waals surface area contributed by atoms with Crippen molar-refractivity contribution in [2.24, 2.45) is 11.5 Å². The third-order valence-electron chi connectivity index (χ3n) is 7.02. The van der Waals surface area contributed by atoms with Gasteiger partial charge in [0.25, 0.3) is 0 Å². The zero-order valence-electron chi connectivity index (χ0n) is 34.7. The summed E-state index contributed by atoms with van der Waals surface area (Å²) < 4.78 is 102. The molecule has 0 spiro atoms. The van der Waals surface area contributed by atoms with Crippen molar-refractivity contribution in [3.63, 3.8) is 0 Å². The first-order chi connectivity index (χ1) is 24.1. The van der Waals surface area contributed by atoms with Gasteiger partial charge in [0.1, 0.15) is 0 Å². The van der Waals surface area contributed by atoms with Crippen LogP contribution in [0.2, 0.25) is 51.4 Å². The third-order valence-corrected chi connectivity index (χ3v) is 34.3. The van der Waals surface area contributed by atoms with E-state index in [0.29, 0.717) is 25.2 Å². The Morgan fingerprint density at radius 3 is 0.673 bits per heavy atom. The second-order valence-corrected chi connectivity index (χ2v) is 36.8. The van der Waals surface area contributed by atoms with E-state index >= 15 is 0 Å². The van der Waals surface area contributed by atoms with Gasteiger partial charge in [-0.15, -0.1) is 0 Å². The molecule has 0 heterocycles. The molecule has 0 radical (unpaired) electrons. The molecule has 0 saturated carbocycles. The normalized spacial score (nSPS) is 15.9. The second-order valence-electron chi connectivity index (χ2n) is 11.9. The lowest BCUT2D eigenvalue weighted by atomic mass is 10.5. The smallest absolute Gasteiger partial charge is 0.416 e. The molecule has 0 rings (SSSR count). The lowest BCUT2D eigenvalue weighted by Crippen LogP contribution is -2.63. The Kier molecular flexibility index (Phi) is 26.8. The van der Waals surface area contributed by atoms with Crippen LogP contribution < -0.4 is 11.5 Å². The molecule has 0 aliphatic rings. The van der Waals surface area contributed by atoms with Gasteiger partial charge < -0.3 is 89.3 Å². The zero-order valence-corrected chi connectivity index (χ0v) is 42.7. The van der Waals surface area contributed by atoms with Crippen molar-refractivity contribution in [1.29, 1.82) is 0 Å². The van der Waals surface area contributed by atoms with Gasteiger partial charge in [0, 0.05) is 85.3 Å². The van der Waals surface area contributed by atoms with E-state index in [2.05, 4.69) is 0 Å². The number of nitrogens with two attached hydrogens (primary N) is 2. The average molecular weight is 900 g/mol. The van der Waals surface area contributed by atoms with Crippen molar-refractivity contribution in [2.45, 2.75) is 64.2 Å². The van der Waals surface area contributed by atoms with Gasteiger partial charge in [-0.05, 0) is 77.3 Å². The van der Waals surface area contributed by atoms with Crippen LogP contribution in [0.5, 0.6) is 0 Å². The maximum absolute atomic E-state index is 6.42. The number of hydrogen-bond acceptors (Lipinski definition) is 20. The lowest BCUT2D eigenvalue weighted by Gasteiger charge is -2.40. The maximum atomic E-state index is 6.42. The van der Waals surface area contributed by atoms with Crippen LogP contribution in [0, 0.1) is 0 Å². The van der Waals surface area contributed by atoms with Crippen molar-refractivity contribution < 1.29 is 77.8 Å². The van der Waals surface area contributed by atoms with Crippen LogP contribution >= 0.6 is 0 Å². The summed E-state index contributed by atoms with van der Waals surface area (Å²) in [5, 5.41) is 0. The van der Waals surface area contributed by atoms with Crippen LogP contribution in [-0.2, 0) is 77.8 Å². The Morgan fingerprint density at radius 2 is 0.500 bits per heavy atom. The second kappa shape index (κ2) is 25.3. The van der Waals surface area contributed by atoms with Gasteiger partial charge in [-0.1, -0.05) is 0 Å². The Labute approximate surface area is 321 Å². The summed E-state index contributed by atoms with van der Waals surface area (Å²) in [5.41, 5.74) is 11.4. The van der Waals surface area contributed by atoms with Gasteiger partial charge in [-0.2, -0.15) is 0 Å². The SMILES string of the molecule is CO[Si](OC)(OC)O[Si](C)(C)O[Si](C)(CCCN)O[Si](OC)(OC)OC.CO[Si](OC)(OC)O[Si](C)(C)O[Si](C)(CCCN)O[Si](OC)(OC)OC. The van der Waals surface area contributed by atoms with Crippen molar-refractivity contribution in [2.75, 3.05) is 98.4 Å². The van der Waals surface area contributed by atoms with Gasteiger partial charge in [0.05, 0.1) is 0 Å². The van der Waals surface area contributed by atoms with Crippen molar-refractivity contribution >= 4 is 70.4 Å². The molecule has 52 heavy (non-hydrogen) atoms. The molecule has 4 N–H and O–H groups in total. The van der Waals surface area contributed by atoms with Crippen molar-refractivity contribution in [3.05, 3.63) is 0 Å². The van der Waals surface area contributed by atoms with E-state index in [1.165, 1.54) is 85.3 Å². The number of hydrogen-bond donors (Lipinski definition) is 2. The van der Waals surface area contributed by atoms with E-state index in [4.69, 9.17) is 89.3 Å². The Bertz CT molecular complexity index is 837. The molecule has 0 fully saturated rings. The first kappa shape index (κ1) is 55.0. The summed E-state index contributed by atoms with van der Waals surface area (Å²) in [6.45, 7) is 12.3. The van der Waals surface area contributed by atoms with Gasteiger partial charge in [-0.3, -0.25) is 0 Å². The van der Waals surface area contributed by atoms with E-state index < -0.39 is 70.4 Å². The van der Waals surface area contributed by atoms with Crippen LogP contribution in [-0.4, -0.2) is 169 Å². The first-order valence-electron chi connectivity index (χ1n) is 16.3. The monoisotopic (exact) mass is 898 g/mol. The van der Waals surface area contributed by atoms with Gasteiger partial charge in [0.2, 0.25) is 0 Å². The summed E-state index contributed by atoms with van der Waals surface area (Å²) in [6, 6.07) is 1.24. The van der Waals surface area contributed by atoms with E-state index in [-0.39, 0.29) is 0 Å². The topological polar surface area (TPSA) is 218 Å². The third kappa shape index (κ3) is 18.5. The Morgan fingerprint density at radius 1 is 0.308 bits per heavy atom. The van der Waals surface area contributed by atoms with Gasteiger partial charge in [-0.25, -0.2) is 0 Å². The highest BCUT2D eigenvalue weighted by atomic mass is 28.5. The molecule has 0 aromatic rings. The fourth-order valence-electron chi connectivity index (χ4n) is 4.80. The van der Waals surface area contributed by atoms with Crippen LogP contribution in [0.4, 0.5) is 0 Å². The Balaban J connectivity index is 0. The molecule has 0 amide bonds. The van der Waals surface area contributed by atoms with E-state index in [1.807, 2.05) is 39.3 Å². The lowest BCUT2D eigenvalue weighted by molar-refractivity contribution is 0.0292. The van der Waals surface area contributed by atoms with Crippen LogP contribution in [0.25, 0.3) is 0 Å².